The summed E-state index contributed by atoms with van der Waals surface area (Å²) in [5.74, 6) is -0.291. The molecule has 2 rings (SSSR count). The highest BCUT2D eigenvalue weighted by molar-refractivity contribution is 7.14. The summed E-state index contributed by atoms with van der Waals surface area (Å²) in [6.45, 7) is 0. The van der Waals surface area contributed by atoms with Crippen LogP contribution in [0.5, 0.6) is 0 Å². The van der Waals surface area contributed by atoms with Crippen LogP contribution in [0, 0.1) is 10.8 Å². The Kier molecular flexibility index (Phi) is 3.62. The summed E-state index contributed by atoms with van der Waals surface area (Å²) >= 11 is 1.34. The Morgan fingerprint density at radius 2 is 1.79 bits per heavy atom. The van der Waals surface area contributed by atoms with Gasteiger partial charge in [-0.2, -0.15) is 0 Å². The molecule has 0 fully saturated rings. The number of guanidine groups is 2. The van der Waals surface area contributed by atoms with Crippen molar-refractivity contribution in [2.24, 2.45) is 11.5 Å². The van der Waals surface area contributed by atoms with E-state index >= 15 is 0 Å². The second kappa shape index (κ2) is 5.36. The lowest BCUT2D eigenvalue weighted by molar-refractivity contribution is 1.35. The van der Waals surface area contributed by atoms with E-state index in [0.717, 1.165) is 11.3 Å². The van der Waals surface area contributed by atoms with E-state index in [-0.39, 0.29) is 11.9 Å². The average Bonchev–Trinajstić information content (AvgIpc) is 2.76. The lowest BCUT2D eigenvalue weighted by atomic mass is 10.1. The number of thiazole rings is 1. The first-order valence-corrected chi connectivity index (χ1v) is 6.21. The van der Waals surface area contributed by atoms with Gasteiger partial charge in [0.05, 0.1) is 11.4 Å². The van der Waals surface area contributed by atoms with Crippen LogP contribution in [0.4, 0.5) is 10.8 Å². The van der Waals surface area contributed by atoms with Crippen LogP contribution >= 0.6 is 11.3 Å². The molecule has 0 saturated heterocycles. The summed E-state index contributed by atoms with van der Waals surface area (Å²) in [7, 11) is 0. The first-order valence-electron chi connectivity index (χ1n) is 5.33. The Bertz CT molecular complexity index is 619. The Morgan fingerprint density at radius 3 is 2.47 bits per heavy atom. The minimum Gasteiger partial charge on any atom is -0.370 e. The summed E-state index contributed by atoms with van der Waals surface area (Å²) in [4.78, 5) is 4.32. The maximum atomic E-state index is 7.28. The van der Waals surface area contributed by atoms with Gasteiger partial charge in [-0.05, 0) is 6.07 Å². The molecule has 0 radical (unpaired) electrons. The van der Waals surface area contributed by atoms with Crippen molar-refractivity contribution in [3.63, 3.8) is 0 Å². The fourth-order valence-corrected chi connectivity index (χ4v) is 2.25. The Balaban J connectivity index is 2.33. The number of aromatic nitrogens is 1. The Morgan fingerprint density at radius 1 is 1.11 bits per heavy atom. The van der Waals surface area contributed by atoms with Crippen molar-refractivity contribution in [1.82, 2.24) is 4.98 Å². The zero-order chi connectivity index (χ0) is 13.8. The highest BCUT2D eigenvalue weighted by Gasteiger charge is 2.09. The highest BCUT2D eigenvalue weighted by Crippen LogP contribution is 2.30. The van der Waals surface area contributed by atoms with Gasteiger partial charge in [0, 0.05) is 10.9 Å². The zero-order valence-electron chi connectivity index (χ0n) is 9.90. The average molecular weight is 275 g/mol. The van der Waals surface area contributed by atoms with Crippen LogP contribution in [0.3, 0.4) is 0 Å². The lowest BCUT2D eigenvalue weighted by Crippen LogP contribution is -2.21. The van der Waals surface area contributed by atoms with Gasteiger partial charge in [-0.25, -0.2) is 4.98 Å². The molecular weight excluding hydrogens is 262 g/mol. The number of rotatable bonds is 3. The van der Waals surface area contributed by atoms with Crippen LogP contribution in [0.1, 0.15) is 0 Å². The molecular formula is C11H13N7S. The normalized spacial score (nSPS) is 9.89. The molecule has 0 saturated carbocycles. The molecule has 7 nitrogen and oxygen atoms in total. The van der Waals surface area contributed by atoms with E-state index < -0.39 is 0 Å². The molecule has 0 amide bonds. The third-order valence-electron chi connectivity index (χ3n) is 2.22. The van der Waals surface area contributed by atoms with Crippen molar-refractivity contribution in [2.45, 2.75) is 0 Å². The molecule has 19 heavy (non-hydrogen) atoms. The maximum absolute atomic E-state index is 7.28. The fourth-order valence-electron chi connectivity index (χ4n) is 1.53. The van der Waals surface area contributed by atoms with E-state index in [0.29, 0.717) is 10.8 Å². The van der Waals surface area contributed by atoms with E-state index in [1.165, 1.54) is 11.3 Å². The monoisotopic (exact) mass is 275 g/mol. The van der Waals surface area contributed by atoms with Gasteiger partial charge >= 0.3 is 0 Å². The number of hydrogen-bond donors (Lipinski definition) is 6. The number of nitrogens with two attached hydrogens (primary N) is 2. The molecule has 1 aromatic heterocycles. The zero-order valence-corrected chi connectivity index (χ0v) is 10.7. The van der Waals surface area contributed by atoms with Gasteiger partial charge in [-0.3, -0.25) is 10.8 Å². The summed E-state index contributed by atoms with van der Waals surface area (Å²) in [5, 5.41) is 22.2. The first-order chi connectivity index (χ1) is 9.06. The molecule has 98 valence electrons. The maximum Gasteiger partial charge on any atom is 0.192 e. The molecule has 0 bridgehead atoms. The van der Waals surface area contributed by atoms with Crippen molar-refractivity contribution in [2.75, 3.05) is 10.6 Å². The van der Waals surface area contributed by atoms with Crippen LogP contribution in [0.2, 0.25) is 0 Å². The molecule has 0 aliphatic carbocycles. The van der Waals surface area contributed by atoms with Gasteiger partial charge in [-0.1, -0.05) is 18.2 Å². The fraction of sp³-hybridized carbons (Fsp3) is 0. The van der Waals surface area contributed by atoms with Gasteiger partial charge in [0.1, 0.15) is 0 Å². The molecule has 0 unspecified atom stereocenters. The van der Waals surface area contributed by atoms with Crippen LogP contribution in [-0.4, -0.2) is 16.9 Å². The van der Waals surface area contributed by atoms with Gasteiger partial charge in [-0.15, -0.1) is 11.3 Å². The molecule has 8 N–H and O–H groups in total. The van der Waals surface area contributed by atoms with Crippen molar-refractivity contribution in [3.05, 3.63) is 29.6 Å². The van der Waals surface area contributed by atoms with Gasteiger partial charge in [0.25, 0.3) is 0 Å². The number of para-hydroxylation sites is 1. The van der Waals surface area contributed by atoms with E-state index in [2.05, 4.69) is 15.6 Å². The second-order valence-corrected chi connectivity index (χ2v) is 4.52. The quantitative estimate of drug-likeness (QED) is 0.372. The standard InChI is InChI=1S/C11H13N7S/c12-9(13)16-7-4-2-1-3-6(7)8-5-19-11(17-8)18-10(14)15/h1-5H,(H4,12,13,16)(H4,14,15,17,18). The minimum absolute atomic E-state index is 0.134. The number of benzene rings is 1. The summed E-state index contributed by atoms with van der Waals surface area (Å²) < 4.78 is 0. The van der Waals surface area contributed by atoms with Crippen molar-refractivity contribution < 1.29 is 0 Å². The van der Waals surface area contributed by atoms with Crippen LogP contribution in [-0.2, 0) is 0 Å². The van der Waals surface area contributed by atoms with E-state index in [9.17, 15) is 0 Å². The number of nitrogens with zero attached hydrogens (tertiary/aromatic N) is 1. The number of hydrogen-bond acceptors (Lipinski definition) is 4. The molecule has 0 atom stereocenters. The highest BCUT2D eigenvalue weighted by atomic mass is 32.1. The third-order valence-corrected chi connectivity index (χ3v) is 2.98. The third kappa shape index (κ3) is 3.19. The summed E-state index contributed by atoms with van der Waals surface area (Å²) in [5.41, 5.74) is 12.8. The molecule has 1 heterocycles. The van der Waals surface area contributed by atoms with E-state index in [1.54, 1.807) is 0 Å². The summed E-state index contributed by atoms with van der Waals surface area (Å²) in [6.07, 6.45) is 0. The van der Waals surface area contributed by atoms with Gasteiger partial charge in [0.15, 0.2) is 17.1 Å². The molecule has 0 spiro atoms. The van der Waals surface area contributed by atoms with Gasteiger partial charge in [0.2, 0.25) is 0 Å². The minimum atomic E-state index is -0.156. The van der Waals surface area contributed by atoms with E-state index in [4.69, 9.17) is 22.3 Å². The van der Waals surface area contributed by atoms with Crippen molar-refractivity contribution in [3.8, 4) is 11.3 Å². The largest absolute Gasteiger partial charge is 0.370 e. The predicted octanol–water partition coefficient (Wildman–Crippen LogP) is 1.42. The SMILES string of the molecule is N=C(N)Nc1nc(-c2ccccc2NC(=N)N)cs1. The first kappa shape index (κ1) is 12.8. The topological polar surface area (TPSA) is 137 Å². The van der Waals surface area contributed by atoms with Crippen LogP contribution < -0.4 is 22.1 Å². The lowest BCUT2D eigenvalue weighted by Gasteiger charge is -2.08. The Hall–Kier alpha value is -2.61. The number of nitrogens with one attached hydrogen (secondary N) is 4. The van der Waals surface area contributed by atoms with Crippen LogP contribution in [0.25, 0.3) is 11.3 Å². The molecule has 0 aliphatic heterocycles. The predicted molar refractivity (Wildman–Crippen MR) is 78.6 cm³/mol. The molecule has 0 aliphatic rings. The number of anilines is 2. The molecule has 2 aromatic rings. The molecule has 1 aromatic carbocycles. The second-order valence-electron chi connectivity index (χ2n) is 3.66. The van der Waals surface area contributed by atoms with Gasteiger partial charge < -0.3 is 22.1 Å². The van der Waals surface area contributed by atoms with Crippen molar-refractivity contribution >= 4 is 34.1 Å². The summed E-state index contributed by atoms with van der Waals surface area (Å²) in [6, 6.07) is 7.40. The smallest absolute Gasteiger partial charge is 0.192 e. The van der Waals surface area contributed by atoms with Crippen molar-refractivity contribution in [1.29, 1.82) is 10.8 Å². The van der Waals surface area contributed by atoms with Crippen LogP contribution in [0.15, 0.2) is 29.6 Å². The Labute approximate surface area is 113 Å². The van der Waals surface area contributed by atoms with E-state index in [1.807, 2.05) is 29.6 Å². The molecule has 8 heteroatoms.